The van der Waals surface area contributed by atoms with Gasteiger partial charge in [-0.2, -0.15) is 4.31 Å². The molecule has 0 bridgehead atoms. The largest absolute Gasteiger partial charge is 0.360 e. The van der Waals surface area contributed by atoms with E-state index in [9.17, 15) is 18.0 Å². The second-order valence-corrected chi connectivity index (χ2v) is 8.70. The molecule has 1 aromatic heterocycles. The van der Waals surface area contributed by atoms with Gasteiger partial charge in [0.25, 0.3) is 5.91 Å². The van der Waals surface area contributed by atoms with Crippen LogP contribution < -0.4 is 10.7 Å². The Kier molecular flexibility index (Phi) is 6.78. The van der Waals surface area contributed by atoms with Gasteiger partial charge in [0.1, 0.15) is 5.56 Å². The molecule has 148 valence electrons. The summed E-state index contributed by atoms with van der Waals surface area (Å²) in [5.74, 6) is -0.0242. The first kappa shape index (κ1) is 21.1. The average molecular weight is 394 g/mol. The summed E-state index contributed by atoms with van der Waals surface area (Å²) >= 11 is 0. The number of H-pyrrole nitrogens is 1. The highest BCUT2D eigenvalue weighted by molar-refractivity contribution is 7.89. The van der Waals surface area contributed by atoms with E-state index < -0.39 is 21.4 Å². The van der Waals surface area contributed by atoms with Crippen molar-refractivity contribution < 1.29 is 13.2 Å². The van der Waals surface area contributed by atoms with Crippen molar-refractivity contribution in [1.82, 2.24) is 14.6 Å². The first-order chi connectivity index (χ1) is 12.7. The quantitative estimate of drug-likeness (QED) is 0.719. The Morgan fingerprint density at radius 1 is 1.22 bits per heavy atom. The van der Waals surface area contributed by atoms with E-state index in [4.69, 9.17) is 0 Å². The van der Waals surface area contributed by atoms with Gasteiger partial charge in [0, 0.05) is 36.7 Å². The average Bonchev–Trinajstić information content (AvgIpc) is 2.62. The molecule has 0 aliphatic heterocycles. The smallest absolute Gasteiger partial charge is 0.256 e. The van der Waals surface area contributed by atoms with Crippen LogP contribution in [0.1, 0.15) is 44.5 Å². The topological polar surface area (TPSA) is 99.3 Å². The van der Waals surface area contributed by atoms with E-state index in [0.717, 1.165) is 6.42 Å². The maximum Gasteiger partial charge on any atom is 0.256 e. The maximum atomic E-state index is 12.8. The Labute approximate surface area is 159 Å². The third-order valence-corrected chi connectivity index (χ3v) is 6.49. The van der Waals surface area contributed by atoms with Crippen LogP contribution in [0.2, 0.25) is 0 Å². The van der Waals surface area contributed by atoms with Crippen molar-refractivity contribution in [3.63, 3.8) is 0 Å². The molecular formula is C19H27N3O4S. The van der Waals surface area contributed by atoms with Gasteiger partial charge in [0.15, 0.2) is 0 Å². The van der Waals surface area contributed by atoms with Crippen LogP contribution in [0.15, 0.2) is 34.1 Å². The molecule has 1 aromatic carbocycles. The molecule has 0 saturated carbocycles. The zero-order valence-corrected chi connectivity index (χ0v) is 17.0. The summed E-state index contributed by atoms with van der Waals surface area (Å²) in [7, 11) is -3.69. The van der Waals surface area contributed by atoms with Crippen molar-refractivity contribution in [1.29, 1.82) is 0 Å². The molecule has 2 rings (SSSR count). The van der Waals surface area contributed by atoms with Gasteiger partial charge in [-0.15, -0.1) is 0 Å². The van der Waals surface area contributed by atoms with E-state index in [-0.39, 0.29) is 15.8 Å². The van der Waals surface area contributed by atoms with E-state index in [1.54, 1.807) is 19.9 Å². The number of pyridine rings is 1. The summed E-state index contributed by atoms with van der Waals surface area (Å²) in [6.07, 6.45) is 2.18. The van der Waals surface area contributed by atoms with Gasteiger partial charge in [-0.1, -0.05) is 27.7 Å². The normalized spacial score (nSPS) is 12.1. The monoisotopic (exact) mass is 393 g/mol. The van der Waals surface area contributed by atoms with Crippen molar-refractivity contribution in [2.24, 2.45) is 5.92 Å². The Bertz CT molecular complexity index is 976. The summed E-state index contributed by atoms with van der Waals surface area (Å²) in [6, 6.07) is 4.36. The number of carbonyl (C=O) groups excluding carboxylic acids is 1. The fourth-order valence-corrected chi connectivity index (χ4v) is 4.29. The molecule has 8 heteroatoms. The maximum absolute atomic E-state index is 12.8. The number of benzene rings is 1. The summed E-state index contributed by atoms with van der Waals surface area (Å²) in [5, 5.41) is 2.91. The number of aromatic amines is 1. The first-order valence-corrected chi connectivity index (χ1v) is 10.6. The minimum absolute atomic E-state index is 0.0244. The fourth-order valence-electron chi connectivity index (χ4n) is 2.81. The lowest BCUT2D eigenvalue weighted by Crippen LogP contribution is -2.31. The molecule has 2 aromatic rings. The summed E-state index contributed by atoms with van der Waals surface area (Å²) in [5.41, 5.74) is -0.0248. The molecule has 0 spiro atoms. The molecule has 27 heavy (non-hydrogen) atoms. The lowest BCUT2D eigenvalue weighted by atomic mass is 10.1. The number of amides is 1. The van der Waals surface area contributed by atoms with Crippen LogP contribution in [-0.4, -0.2) is 43.2 Å². The molecule has 0 aliphatic rings. The second-order valence-electron chi connectivity index (χ2n) is 6.77. The number of carbonyl (C=O) groups is 1. The lowest BCUT2D eigenvalue weighted by molar-refractivity contribution is 0.0951. The second kappa shape index (κ2) is 8.67. The van der Waals surface area contributed by atoms with Crippen LogP contribution in [0.4, 0.5) is 0 Å². The number of aromatic nitrogens is 1. The van der Waals surface area contributed by atoms with Crippen LogP contribution in [0, 0.1) is 5.92 Å². The molecule has 0 aliphatic carbocycles. The van der Waals surface area contributed by atoms with E-state index in [0.29, 0.717) is 31.1 Å². The zero-order valence-electron chi connectivity index (χ0n) is 16.2. The molecular weight excluding hydrogens is 366 g/mol. The van der Waals surface area contributed by atoms with Gasteiger partial charge < -0.3 is 10.3 Å². The van der Waals surface area contributed by atoms with Gasteiger partial charge in [0.2, 0.25) is 15.5 Å². The number of hydrogen-bond acceptors (Lipinski definition) is 4. The predicted molar refractivity (Wildman–Crippen MR) is 106 cm³/mol. The highest BCUT2D eigenvalue weighted by Gasteiger charge is 2.23. The van der Waals surface area contributed by atoms with Crippen LogP contribution in [0.25, 0.3) is 10.9 Å². The van der Waals surface area contributed by atoms with Crippen molar-refractivity contribution in [3.05, 3.63) is 40.2 Å². The van der Waals surface area contributed by atoms with Crippen molar-refractivity contribution in [2.75, 3.05) is 19.6 Å². The SMILES string of the molecule is CCN(CC)S(=O)(=O)c1ccc2[nH]cc(C(=O)NCCC(C)C)c(=O)c2c1. The molecule has 7 nitrogen and oxygen atoms in total. The highest BCUT2D eigenvalue weighted by atomic mass is 32.2. The number of hydrogen-bond donors (Lipinski definition) is 2. The van der Waals surface area contributed by atoms with E-state index in [1.165, 1.54) is 22.6 Å². The summed E-state index contributed by atoms with van der Waals surface area (Å²) in [6.45, 7) is 8.77. The summed E-state index contributed by atoms with van der Waals surface area (Å²) < 4.78 is 26.7. The van der Waals surface area contributed by atoms with Gasteiger partial charge in [-0.25, -0.2) is 8.42 Å². The third-order valence-electron chi connectivity index (χ3n) is 4.45. The number of rotatable bonds is 8. The number of nitrogens with zero attached hydrogens (tertiary/aromatic N) is 1. The molecule has 2 N–H and O–H groups in total. The number of fused-ring (bicyclic) bond motifs is 1. The zero-order chi connectivity index (χ0) is 20.2. The van der Waals surface area contributed by atoms with Crippen LogP contribution in [-0.2, 0) is 10.0 Å². The first-order valence-electron chi connectivity index (χ1n) is 9.16. The Hall–Kier alpha value is -2.19. The molecule has 0 fully saturated rings. The van der Waals surface area contributed by atoms with Crippen molar-refractivity contribution in [3.8, 4) is 0 Å². The van der Waals surface area contributed by atoms with E-state index in [1.807, 2.05) is 13.8 Å². The lowest BCUT2D eigenvalue weighted by Gasteiger charge is -2.18. The van der Waals surface area contributed by atoms with Gasteiger partial charge in [-0.05, 0) is 30.5 Å². The predicted octanol–water partition coefficient (Wildman–Crippen LogP) is 2.33. The molecule has 0 atom stereocenters. The standard InChI is InChI=1S/C19H27N3O4S/c1-5-22(6-2)27(25,26)14-7-8-17-15(11-14)18(23)16(12-21-17)19(24)20-10-9-13(3)4/h7-8,11-13H,5-6,9-10H2,1-4H3,(H,20,24)(H,21,23). The molecule has 1 amide bonds. The number of nitrogens with one attached hydrogen (secondary N) is 2. The Morgan fingerprint density at radius 3 is 2.48 bits per heavy atom. The van der Waals surface area contributed by atoms with E-state index in [2.05, 4.69) is 10.3 Å². The minimum atomic E-state index is -3.69. The third kappa shape index (κ3) is 4.56. The van der Waals surface area contributed by atoms with Crippen molar-refractivity contribution >= 4 is 26.8 Å². The minimum Gasteiger partial charge on any atom is -0.360 e. The van der Waals surface area contributed by atoms with Gasteiger partial charge in [0.05, 0.1) is 4.90 Å². The molecule has 1 heterocycles. The Morgan fingerprint density at radius 2 is 1.89 bits per heavy atom. The highest BCUT2D eigenvalue weighted by Crippen LogP contribution is 2.19. The Balaban J connectivity index is 2.44. The van der Waals surface area contributed by atoms with Gasteiger partial charge >= 0.3 is 0 Å². The fraction of sp³-hybridized carbons (Fsp3) is 0.474. The van der Waals surface area contributed by atoms with Crippen LogP contribution >= 0.6 is 0 Å². The molecule has 0 saturated heterocycles. The van der Waals surface area contributed by atoms with Crippen molar-refractivity contribution in [2.45, 2.75) is 39.0 Å². The molecule has 0 unspecified atom stereocenters. The molecule has 0 radical (unpaired) electrons. The van der Waals surface area contributed by atoms with Gasteiger partial charge in [-0.3, -0.25) is 9.59 Å². The van der Waals surface area contributed by atoms with E-state index >= 15 is 0 Å². The van der Waals surface area contributed by atoms with Crippen LogP contribution in [0.5, 0.6) is 0 Å². The summed E-state index contributed by atoms with van der Waals surface area (Å²) in [4.78, 5) is 28.0. The van der Waals surface area contributed by atoms with Crippen LogP contribution in [0.3, 0.4) is 0 Å². The number of sulfonamides is 1.